The zero-order valence-electron chi connectivity index (χ0n) is 17.1. The SMILES string of the molecule is O[C@H]1CO[C@H]2[C@@H]1OC[C@H]2Oc1cc2nc(-c3ccc(-c4ccccc4)cc3)c(Cl)cc2[nH]1. The molecule has 2 aliphatic rings. The van der Waals surface area contributed by atoms with Crippen LogP contribution >= 0.6 is 11.6 Å². The van der Waals surface area contributed by atoms with Gasteiger partial charge in [0.25, 0.3) is 0 Å². The zero-order valence-corrected chi connectivity index (χ0v) is 17.8. The summed E-state index contributed by atoms with van der Waals surface area (Å²) in [6.07, 6.45) is -1.49. The Morgan fingerprint density at radius 1 is 0.906 bits per heavy atom. The molecule has 0 saturated carbocycles. The lowest BCUT2D eigenvalue weighted by Gasteiger charge is -2.16. The van der Waals surface area contributed by atoms with Crippen LogP contribution in [0, 0.1) is 0 Å². The lowest BCUT2D eigenvalue weighted by Crippen LogP contribution is -2.34. The number of fused-ring (bicyclic) bond motifs is 2. The van der Waals surface area contributed by atoms with Crippen LogP contribution in [-0.2, 0) is 9.47 Å². The molecule has 4 heterocycles. The van der Waals surface area contributed by atoms with E-state index in [-0.39, 0.29) is 24.9 Å². The van der Waals surface area contributed by atoms with Gasteiger partial charge < -0.3 is 24.3 Å². The van der Waals surface area contributed by atoms with Crippen molar-refractivity contribution in [3.05, 3.63) is 71.8 Å². The van der Waals surface area contributed by atoms with Crippen molar-refractivity contribution in [2.24, 2.45) is 0 Å². The summed E-state index contributed by atoms with van der Waals surface area (Å²) in [5.74, 6) is 0.569. The predicted octanol–water partition coefficient (Wildman–Crippen LogP) is 4.46. The van der Waals surface area contributed by atoms with Crippen LogP contribution < -0.4 is 4.74 Å². The maximum Gasteiger partial charge on any atom is 0.193 e. The molecule has 6 rings (SSSR count). The Labute approximate surface area is 189 Å². The van der Waals surface area contributed by atoms with Crippen molar-refractivity contribution in [2.45, 2.75) is 24.4 Å². The largest absolute Gasteiger partial charge is 0.470 e. The first-order chi connectivity index (χ1) is 15.7. The number of rotatable bonds is 4. The van der Waals surface area contributed by atoms with Gasteiger partial charge in [-0.05, 0) is 17.2 Å². The van der Waals surface area contributed by atoms with Crippen LogP contribution in [0.25, 0.3) is 33.4 Å². The summed E-state index contributed by atoms with van der Waals surface area (Å²) in [5.41, 5.74) is 5.52. The fraction of sp³-hybridized carbons (Fsp3) is 0.240. The highest BCUT2D eigenvalue weighted by molar-refractivity contribution is 6.33. The van der Waals surface area contributed by atoms with Crippen LogP contribution in [0.1, 0.15) is 0 Å². The van der Waals surface area contributed by atoms with E-state index >= 15 is 0 Å². The second kappa shape index (κ2) is 7.90. The number of pyridine rings is 1. The van der Waals surface area contributed by atoms with Gasteiger partial charge in [0.1, 0.15) is 18.3 Å². The Bertz CT molecular complexity index is 1260. The number of benzene rings is 2. The summed E-state index contributed by atoms with van der Waals surface area (Å²) >= 11 is 6.57. The van der Waals surface area contributed by atoms with Gasteiger partial charge in [0, 0.05) is 11.6 Å². The van der Waals surface area contributed by atoms with Crippen molar-refractivity contribution in [2.75, 3.05) is 13.2 Å². The fourth-order valence-corrected chi connectivity index (χ4v) is 4.69. The first-order valence-corrected chi connectivity index (χ1v) is 11.0. The van der Waals surface area contributed by atoms with E-state index in [0.717, 1.165) is 33.4 Å². The third-order valence-corrected chi connectivity index (χ3v) is 6.34. The molecule has 4 atom stereocenters. The van der Waals surface area contributed by atoms with E-state index in [1.807, 2.05) is 42.5 Å². The first kappa shape index (κ1) is 19.8. The molecule has 7 heteroatoms. The molecule has 2 fully saturated rings. The summed E-state index contributed by atoms with van der Waals surface area (Å²) in [4.78, 5) is 8.00. The van der Waals surface area contributed by atoms with Gasteiger partial charge >= 0.3 is 0 Å². The van der Waals surface area contributed by atoms with Crippen LogP contribution in [0.5, 0.6) is 5.88 Å². The predicted molar refractivity (Wildman–Crippen MR) is 122 cm³/mol. The van der Waals surface area contributed by atoms with Crippen LogP contribution in [0.4, 0.5) is 0 Å². The summed E-state index contributed by atoms with van der Waals surface area (Å²) < 4.78 is 17.3. The number of ether oxygens (including phenoxy) is 3. The van der Waals surface area contributed by atoms with Crippen molar-refractivity contribution in [1.29, 1.82) is 0 Å². The molecule has 2 saturated heterocycles. The average molecular weight is 449 g/mol. The normalized spacial score (nSPS) is 24.7. The number of hydrogen-bond donors (Lipinski definition) is 2. The van der Waals surface area contributed by atoms with Crippen molar-refractivity contribution in [3.8, 4) is 28.3 Å². The number of hydrogen-bond acceptors (Lipinski definition) is 5. The standard InChI is InChI=1S/C25H21ClN2O4/c26-17-10-18-19(11-22(27-18)32-21-13-31-24-20(29)12-30-25(21)24)28-23(17)16-8-6-15(7-9-16)14-4-2-1-3-5-14/h1-11,20-21,24-25,27,29H,12-13H2/t20-,21+,24+,25+/m0/s1. The number of halogens is 1. The molecular formula is C25H21ClN2O4. The average Bonchev–Trinajstić information content (AvgIpc) is 3.51. The maximum atomic E-state index is 9.91. The molecule has 2 aromatic carbocycles. The summed E-state index contributed by atoms with van der Waals surface area (Å²) in [7, 11) is 0. The van der Waals surface area contributed by atoms with Crippen molar-refractivity contribution >= 4 is 22.6 Å². The smallest absolute Gasteiger partial charge is 0.193 e. The second-order valence-electron chi connectivity index (χ2n) is 8.15. The highest BCUT2D eigenvalue weighted by atomic mass is 35.5. The van der Waals surface area contributed by atoms with E-state index in [9.17, 15) is 5.11 Å². The second-order valence-corrected chi connectivity index (χ2v) is 8.56. The molecule has 0 aliphatic carbocycles. The number of aliphatic hydroxyl groups excluding tert-OH is 1. The lowest BCUT2D eigenvalue weighted by atomic mass is 10.0. The van der Waals surface area contributed by atoms with Crippen LogP contribution in [0.2, 0.25) is 5.02 Å². The molecule has 0 spiro atoms. The van der Waals surface area contributed by atoms with Gasteiger partial charge in [0.15, 0.2) is 12.0 Å². The van der Waals surface area contributed by atoms with E-state index in [1.165, 1.54) is 0 Å². The first-order valence-electron chi connectivity index (χ1n) is 10.6. The monoisotopic (exact) mass is 448 g/mol. The Morgan fingerprint density at radius 3 is 2.44 bits per heavy atom. The highest BCUT2D eigenvalue weighted by Gasteiger charge is 2.48. The Kier molecular flexibility index (Phi) is 4.88. The summed E-state index contributed by atoms with van der Waals surface area (Å²) in [6.45, 7) is 0.639. The number of nitrogens with one attached hydrogen (secondary N) is 1. The van der Waals surface area contributed by atoms with Crippen LogP contribution in [-0.4, -0.2) is 52.7 Å². The number of nitrogens with zero attached hydrogens (tertiary/aromatic N) is 1. The van der Waals surface area contributed by atoms with Gasteiger partial charge in [0.05, 0.1) is 35.0 Å². The molecule has 0 amide bonds. The minimum Gasteiger partial charge on any atom is -0.470 e. The quantitative estimate of drug-likeness (QED) is 0.482. The van der Waals surface area contributed by atoms with E-state index in [2.05, 4.69) is 29.2 Å². The van der Waals surface area contributed by atoms with Crippen molar-refractivity contribution < 1.29 is 19.3 Å². The molecule has 2 N–H and O–H groups in total. The van der Waals surface area contributed by atoms with Crippen LogP contribution in [0.3, 0.4) is 0 Å². The summed E-state index contributed by atoms with van der Waals surface area (Å²) in [6, 6.07) is 22.2. The number of aromatic nitrogens is 2. The summed E-state index contributed by atoms with van der Waals surface area (Å²) in [5, 5.41) is 10.5. The van der Waals surface area contributed by atoms with E-state index < -0.39 is 6.10 Å². The Morgan fingerprint density at radius 2 is 1.62 bits per heavy atom. The third-order valence-electron chi connectivity index (χ3n) is 6.06. The molecule has 0 radical (unpaired) electrons. The minimum atomic E-state index is -0.604. The van der Waals surface area contributed by atoms with E-state index in [0.29, 0.717) is 17.5 Å². The van der Waals surface area contributed by atoms with Crippen molar-refractivity contribution in [1.82, 2.24) is 9.97 Å². The minimum absolute atomic E-state index is 0.269. The third kappa shape index (κ3) is 3.45. The topological polar surface area (TPSA) is 76.6 Å². The molecule has 6 nitrogen and oxygen atoms in total. The molecule has 32 heavy (non-hydrogen) atoms. The number of H-pyrrole nitrogens is 1. The van der Waals surface area contributed by atoms with Gasteiger partial charge in [-0.3, -0.25) is 0 Å². The van der Waals surface area contributed by atoms with Gasteiger partial charge in [-0.2, -0.15) is 0 Å². The van der Waals surface area contributed by atoms with Gasteiger partial charge in [-0.15, -0.1) is 0 Å². The number of aliphatic hydroxyl groups is 1. The van der Waals surface area contributed by atoms with E-state index in [1.54, 1.807) is 0 Å². The Balaban J connectivity index is 1.26. The molecule has 0 bridgehead atoms. The fourth-order valence-electron chi connectivity index (χ4n) is 4.43. The number of aromatic amines is 1. The van der Waals surface area contributed by atoms with Gasteiger partial charge in [0.2, 0.25) is 0 Å². The molecular weight excluding hydrogens is 428 g/mol. The highest BCUT2D eigenvalue weighted by Crippen LogP contribution is 2.34. The van der Waals surface area contributed by atoms with Gasteiger partial charge in [-0.1, -0.05) is 66.2 Å². The van der Waals surface area contributed by atoms with Gasteiger partial charge in [-0.25, -0.2) is 4.98 Å². The van der Waals surface area contributed by atoms with Crippen molar-refractivity contribution in [3.63, 3.8) is 0 Å². The zero-order chi connectivity index (χ0) is 21.7. The van der Waals surface area contributed by atoms with E-state index in [4.69, 9.17) is 30.8 Å². The Hall–Kier alpha value is -2.90. The maximum absolute atomic E-state index is 9.91. The molecule has 0 unspecified atom stereocenters. The molecule has 162 valence electrons. The molecule has 2 aliphatic heterocycles. The molecule has 4 aromatic rings. The lowest BCUT2D eigenvalue weighted by molar-refractivity contribution is 0.00794. The van der Waals surface area contributed by atoms with Crippen LogP contribution in [0.15, 0.2) is 66.7 Å². The molecule has 2 aromatic heterocycles.